The average molecular weight is 254 g/mol. The van der Waals surface area contributed by atoms with Gasteiger partial charge in [0.25, 0.3) is 0 Å². The molecule has 0 aliphatic carbocycles. The maximum atomic E-state index is 12.0. The molecule has 0 aliphatic heterocycles. The Bertz CT molecular complexity index is 278. The third kappa shape index (κ3) is 2.69. The van der Waals surface area contributed by atoms with E-state index in [1.165, 1.54) is 12.3 Å². The highest BCUT2D eigenvalue weighted by Gasteiger charge is 2.32. The van der Waals surface area contributed by atoms with Crippen LogP contribution in [0.5, 0.6) is 0 Å². The molecule has 72 valence electrons. The van der Waals surface area contributed by atoms with Gasteiger partial charge in [0.15, 0.2) is 0 Å². The summed E-state index contributed by atoms with van der Waals surface area (Å²) in [6.45, 7) is 1.82. The van der Waals surface area contributed by atoms with Gasteiger partial charge in [-0.25, -0.2) is 0 Å². The normalized spacial score (nSPS) is 14.2. The molecule has 1 aromatic heterocycles. The Morgan fingerprint density at radius 2 is 2.00 bits per heavy atom. The molecule has 1 nitrogen and oxygen atoms in total. The summed E-state index contributed by atoms with van der Waals surface area (Å²) in [5.41, 5.74) is -0.127. The maximum Gasteiger partial charge on any atom is 0.433 e. The van der Waals surface area contributed by atoms with Crippen molar-refractivity contribution in [2.45, 2.75) is 17.9 Å². The van der Waals surface area contributed by atoms with Crippen LogP contribution in [0.3, 0.4) is 0 Å². The quantitative estimate of drug-likeness (QED) is 0.698. The molecule has 0 radical (unpaired) electrons. The second-order valence-electron chi connectivity index (χ2n) is 2.59. The van der Waals surface area contributed by atoms with Crippen LogP contribution in [0.15, 0.2) is 18.3 Å². The predicted molar refractivity (Wildman–Crippen MR) is 46.6 cm³/mol. The van der Waals surface area contributed by atoms with Crippen LogP contribution < -0.4 is 0 Å². The van der Waals surface area contributed by atoms with Crippen molar-refractivity contribution in [3.05, 3.63) is 29.6 Å². The molecule has 0 fully saturated rings. The van der Waals surface area contributed by atoms with Gasteiger partial charge in [-0.05, 0) is 18.6 Å². The predicted octanol–water partition coefficient (Wildman–Crippen LogP) is 3.56. The molecule has 0 N–H and O–H groups in total. The number of hydrogen-bond donors (Lipinski definition) is 0. The summed E-state index contributed by atoms with van der Waals surface area (Å²) in [6, 6.07) is 2.39. The lowest BCUT2D eigenvalue weighted by Crippen LogP contribution is -2.07. The van der Waals surface area contributed by atoms with Gasteiger partial charge in [0.1, 0.15) is 5.69 Å². The lowest BCUT2D eigenvalue weighted by atomic mass is 10.2. The minimum atomic E-state index is -4.35. The fraction of sp³-hybridized carbons (Fsp3) is 0.375. The molecule has 0 spiro atoms. The summed E-state index contributed by atoms with van der Waals surface area (Å²) in [5.74, 6) is 0. The molecule has 1 heterocycles. The van der Waals surface area contributed by atoms with Crippen molar-refractivity contribution >= 4 is 15.9 Å². The first kappa shape index (κ1) is 10.5. The Balaban J connectivity index is 2.94. The summed E-state index contributed by atoms with van der Waals surface area (Å²) >= 11 is 3.24. The monoisotopic (exact) mass is 253 g/mol. The minimum Gasteiger partial charge on any atom is -0.251 e. The summed E-state index contributed by atoms with van der Waals surface area (Å²) in [7, 11) is 0. The molecule has 13 heavy (non-hydrogen) atoms. The summed E-state index contributed by atoms with van der Waals surface area (Å²) in [5, 5.41) is 0. The summed E-state index contributed by atoms with van der Waals surface area (Å²) in [6.07, 6.45) is -3.13. The van der Waals surface area contributed by atoms with Crippen LogP contribution >= 0.6 is 15.9 Å². The van der Waals surface area contributed by atoms with Gasteiger partial charge in [0.05, 0.1) is 0 Å². The number of pyridine rings is 1. The minimum absolute atomic E-state index is 0.0160. The number of nitrogens with zero attached hydrogens (tertiary/aromatic N) is 1. The first-order valence-corrected chi connectivity index (χ1v) is 4.50. The van der Waals surface area contributed by atoms with Gasteiger partial charge in [-0.1, -0.05) is 22.0 Å². The van der Waals surface area contributed by atoms with Crippen molar-refractivity contribution in [3.63, 3.8) is 0 Å². The topological polar surface area (TPSA) is 12.9 Å². The van der Waals surface area contributed by atoms with Crippen molar-refractivity contribution < 1.29 is 13.2 Å². The van der Waals surface area contributed by atoms with E-state index in [1.807, 2.05) is 6.92 Å². The van der Waals surface area contributed by atoms with Gasteiger partial charge in [0, 0.05) is 11.0 Å². The van der Waals surface area contributed by atoms with Gasteiger partial charge in [-0.2, -0.15) is 13.2 Å². The van der Waals surface area contributed by atoms with E-state index in [4.69, 9.17) is 0 Å². The molecule has 1 unspecified atom stereocenters. The summed E-state index contributed by atoms with van der Waals surface area (Å²) < 4.78 is 36.1. The van der Waals surface area contributed by atoms with Gasteiger partial charge in [0.2, 0.25) is 0 Å². The van der Waals surface area contributed by atoms with Gasteiger partial charge < -0.3 is 0 Å². The highest BCUT2D eigenvalue weighted by atomic mass is 79.9. The zero-order valence-corrected chi connectivity index (χ0v) is 8.35. The first-order valence-electron chi connectivity index (χ1n) is 3.58. The van der Waals surface area contributed by atoms with Gasteiger partial charge >= 0.3 is 6.18 Å². The third-order valence-corrected chi connectivity index (χ3v) is 2.06. The average Bonchev–Trinajstić information content (AvgIpc) is 2.03. The van der Waals surface area contributed by atoms with E-state index < -0.39 is 11.9 Å². The number of halogens is 4. The van der Waals surface area contributed by atoms with E-state index in [0.717, 1.165) is 11.6 Å². The Labute approximate surface area is 82.1 Å². The number of aromatic nitrogens is 1. The van der Waals surface area contributed by atoms with Crippen LogP contribution in [0.2, 0.25) is 0 Å². The van der Waals surface area contributed by atoms with Crippen LogP contribution in [-0.4, -0.2) is 4.98 Å². The zero-order valence-electron chi connectivity index (χ0n) is 6.77. The highest BCUT2D eigenvalue weighted by molar-refractivity contribution is 9.09. The SMILES string of the molecule is CC(Br)c1ccc(C(F)(F)F)nc1. The maximum absolute atomic E-state index is 12.0. The Hall–Kier alpha value is -0.580. The number of rotatable bonds is 1. The van der Waals surface area contributed by atoms with E-state index in [-0.39, 0.29) is 4.83 Å². The molecule has 5 heteroatoms. The summed E-state index contributed by atoms with van der Waals surface area (Å²) in [4.78, 5) is 3.33. The molecule has 0 saturated heterocycles. The van der Waals surface area contributed by atoms with Crippen LogP contribution in [0, 0.1) is 0 Å². The largest absolute Gasteiger partial charge is 0.433 e. The number of alkyl halides is 4. The van der Waals surface area contributed by atoms with Crippen LogP contribution in [0.4, 0.5) is 13.2 Å². The number of hydrogen-bond acceptors (Lipinski definition) is 1. The molecule has 0 aromatic carbocycles. The highest BCUT2D eigenvalue weighted by Crippen LogP contribution is 2.28. The molecular weight excluding hydrogens is 247 g/mol. The second kappa shape index (κ2) is 3.65. The smallest absolute Gasteiger partial charge is 0.251 e. The van der Waals surface area contributed by atoms with Crippen LogP contribution in [0.25, 0.3) is 0 Å². The fourth-order valence-electron chi connectivity index (χ4n) is 0.808. The van der Waals surface area contributed by atoms with E-state index >= 15 is 0 Å². The van der Waals surface area contributed by atoms with Crippen molar-refractivity contribution in [2.24, 2.45) is 0 Å². The molecular formula is C8H7BrF3N. The van der Waals surface area contributed by atoms with Crippen molar-refractivity contribution in [1.82, 2.24) is 4.98 Å². The molecule has 0 bridgehead atoms. The first-order chi connectivity index (χ1) is 5.91. The van der Waals surface area contributed by atoms with Crippen molar-refractivity contribution in [1.29, 1.82) is 0 Å². The van der Waals surface area contributed by atoms with E-state index in [2.05, 4.69) is 20.9 Å². The molecule has 0 amide bonds. The lowest BCUT2D eigenvalue weighted by molar-refractivity contribution is -0.141. The van der Waals surface area contributed by atoms with Gasteiger partial charge in [-0.3, -0.25) is 4.98 Å². The Morgan fingerprint density at radius 1 is 1.38 bits per heavy atom. The van der Waals surface area contributed by atoms with E-state index in [9.17, 15) is 13.2 Å². The fourth-order valence-corrected chi connectivity index (χ4v) is 1.08. The van der Waals surface area contributed by atoms with Crippen LogP contribution in [-0.2, 0) is 6.18 Å². The molecule has 1 rings (SSSR count). The van der Waals surface area contributed by atoms with Crippen molar-refractivity contribution in [2.75, 3.05) is 0 Å². The zero-order chi connectivity index (χ0) is 10.1. The molecule has 1 atom stereocenters. The molecule has 0 saturated carbocycles. The second-order valence-corrected chi connectivity index (χ2v) is 3.96. The molecule has 1 aromatic rings. The van der Waals surface area contributed by atoms with Crippen LogP contribution in [0.1, 0.15) is 23.0 Å². The van der Waals surface area contributed by atoms with Crippen molar-refractivity contribution in [3.8, 4) is 0 Å². The van der Waals surface area contributed by atoms with Gasteiger partial charge in [-0.15, -0.1) is 0 Å². The standard InChI is InChI=1S/C8H7BrF3N/c1-5(9)6-2-3-7(13-4-6)8(10,11)12/h2-5H,1H3. The molecule has 0 aliphatic rings. The third-order valence-electron chi connectivity index (χ3n) is 1.54. The lowest BCUT2D eigenvalue weighted by Gasteiger charge is -2.07. The van der Waals surface area contributed by atoms with E-state index in [0.29, 0.717) is 0 Å². The Kier molecular flexibility index (Phi) is 2.95. The Morgan fingerprint density at radius 3 is 2.31 bits per heavy atom. The van der Waals surface area contributed by atoms with E-state index in [1.54, 1.807) is 0 Å².